The van der Waals surface area contributed by atoms with E-state index in [-0.39, 0.29) is 5.78 Å². The van der Waals surface area contributed by atoms with Crippen LogP contribution in [0, 0.1) is 0 Å². The number of Topliss-reactive ketones (excluding diaryl/α,β-unsaturated/α-hetero) is 1. The van der Waals surface area contributed by atoms with E-state index in [0.717, 1.165) is 48.5 Å². The van der Waals surface area contributed by atoms with Crippen LogP contribution >= 0.6 is 0 Å². The summed E-state index contributed by atoms with van der Waals surface area (Å²) in [5.41, 5.74) is 3.52. The predicted octanol–water partition coefficient (Wildman–Crippen LogP) is 3.84. The van der Waals surface area contributed by atoms with Gasteiger partial charge in [0.1, 0.15) is 0 Å². The second kappa shape index (κ2) is 10.5. The number of sulfonamides is 1. The van der Waals surface area contributed by atoms with Crippen LogP contribution in [0.4, 0.5) is 5.69 Å². The van der Waals surface area contributed by atoms with Crippen LogP contribution in [-0.4, -0.2) is 56.6 Å². The molecule has 1 saturated heterocycles. The molecular weight excluding hydrogens is 434 g/mol. The summed E-state index contributed by atoms with van der Waals surface area (Å²) < 4.78 is 27.3. The monoisotopic (exact) mass is 465 g/mol. The van der Waals surface area contributed by atoms with E-state index >= 15 is 0 Å². The number of aryl methyl sites for hydroxylation is 1. The Morgan fingerprint density at radius 2 is 1.58 bits per heavy atom. The number of nitrogens with one attached hydrogen (secondary N) is 1. The van der Waals surface area contributed by atoms with E-state index in [2.05, 4.69) is 16.3 Å². The van der Waals surface area contributed by atoms with Gasteiger partial charge in [0.2, 0.25) is 10.0 Å². The van der Waals surface area contributed by atoms with Crippen LogP contribution in [0.3, 0.4) is 0 Å². The van der Waals surface area contributed by atoms with Crippen molar-refractivity contribution in [2.24, 2.45) is 0 Å². The van der Waals surface area contributed by atoms with E-state index in [4.69, 9.17) is 0 Å². The van der Waals surface area contributed by atoms with E-state index in [1.165, 1.54) is 0 Å². The minimum Gasteiger partial charge on any atom is -0.355 e. The fourth-order valence-corrected chi connectivity index (χ4v) is 5.55. The van der Waals surface area contributed by atoms with E-state index in [1.807, 2.05) is 55.6 Å². The highest BCUT2D eigenvalue weighted by atomic mass is 32.2. The van der Waals surface area contributed by atoms with Crippen molar-refractivity contribution in [3.8, 4) is 0 Å². The molecule has 1 heterocycles. The van der Waals surface area contributed by atoms with Crippen LogP contribution in [0.2, 0.25) is 0 Å². The Balaban J connectivity index is 1.36. The molecule has 0 bridgehead atoms. The Kier molecular flexibility index (Phi) is 7.42. The van der Waals surface area contributed by atoms with Gasteiger partial charge in [0, 0.05) is 49.6 Å². The number of likely N-dealkylation sites (N-methyl/N-ethyl adjacent to an activating group) is 1. The van der Waals surface area contributed by atoms with Crippen molar-refractivity contribution >= 4 is 21.5 Å². The Labute approximate surface area is 196 Å². The molecule has 33 heavy (non-hydrogen) atoms. The minimum absolute atomic E-state index is 0.0958. The molecule has 0 aromatic heterocycles. The fourth-order valence-electron chi connectivity index (χ4n) is 4.13. The molecule has 1 fully saturated rings. The Bertz CT molecular complexity index is 1130. The van der Waals surface area contributed by atoms with Gasteiger partial charge in [-0.25, -0.2) is 8.42 Å². The molecule has 7 heteroatoms. The number of anilines is 1. The van der Waals surface area contributed by atoms with E-state index in [1.54, 1.807) is 16.4 Å². The molecule has 2 aromatic rings. The van der Waals surface area contributed by atoms with Crippen molar-refractivity contribution in [2.45, 2.75) is 30.6 Å². The van der Waals surface area contributed by atoms with Gasteiger partial charge in [-0.2, -0.15) is 4.31 Å². The van der Waals surface area contributed by atoms with E-state index in [9.17, 15) is 13.2 Å². The summed E-state index contributed by atoms with van der Waals surface area (Å²) in [7, 11) is -1.47. The highest BCUT2D eigenvalue weighted by molar-refractivity contribution is 7.89. The van der Waals surface area contributed by atoms with Gasteiger partial charge in [-0.1, -0.05) is 42.5 Å². The molecule has 2 aliphatic rings. The highest BCUT2D eigenvalue weighted by Gasteiger charge is 2.27. The van der Waals surface area contributed by atoms with Gasteiger partial charge < -0.3 is 10.2 Å². The standard InChI is InChI=1S/C26H31N3O3S/c1-28-17-19-29(20-18-28)33(31,32)23-14-11-21(12-15-23)13-16-26(30)24-9-5-6-10-25(24)27-22-7-3-2-4-8-22/h2-4,7-12,14-15,27H,5-6,13,16-20H2,1H3. The van der Waals surface area contributed by atoms with Gasteiger partial charge in [0.05, 0.1) is 4.90 Å². The van der Waals surface area contributed by atoms with E-state index in [0.29, 0.717) is 30.8 Å². The summed E-state index contributed by atoms with van der Waals surface area (Å²) in [6.45, 7) is 2.50. The number of allylic oxidation sites excluding steroid dienone is 3. The summed E-state index contributed by atoms with van der Waals surface area (Å²) >= 11 is 0. The fraction of sp³-hybridized carbons (Fsp3) is 0.346. The molecule has 1 aliphatic heterocycles. The van der Waals surface area contributed by atoms with Crippen LogP contribution in [0.5, 0.6) is 0 Å². The predicted molar refractivity (Wildman–Crippen MR) is 131 cm³/mol. The minimum atomic E-state index is -3.47. The molecule has 6 nitrogen and oxygen atoms in total. The molecule has 1 aliphatic carbocycles. The van der Waals surface area contributed by atoms with Crippen molar-refractivity contribution in [3.05, 3.63) is 83.6 Å². The summed E-state index contributed by atoms with van der Waals surface area (Å²) in [5.74, 6) is 0.0958. The zero-order chi connectivity index (χ0) is 23.3. The second-order valence-electron chi connectivity index (χ2n) is 8.58. The first-order valence-electron chi connectivity index (χ1n) is 11.5. The second-order valence-corrected chi connectivity index (χ2v) is 10.5. The number of benzene rings is 2. The zero-order valence-corrected chi connectivity index (χ0v) is 19.9. The zero-order valence-electron chi connectivity index (χ0n) is 19.0. The van der Waals surface area contributed by atoms with Gasteiger partial charge in [-0.3, -0.25) is 4.79 Å². The molecule has 0 radical (unpaired) electrons. The number of hydrogen-bond donors (Lipinski definition) is 1. The summed E-state index contributed by atoms with van der Waals surface area (Å²) in [4.78, 5) is 15.4. The maximum Gasteiger partial charge on any atom is 0.243 e. The number of carbonyl (C=O) groups is 1. The molecule has 4 rings (SSSR count). The molecule has 2 aromatic carbocycles. The first kappa shape index (κ1) is 23.4. The van der Waals surface area contributed by atoms with Gasteiger partial charge in [-0.05, 0) is 56.1 Å². The molecule has 0 atom stereocenters. The number of ketones is 1. The maximum atomic E-state index is 13.0. The summed E-state index contributed by atoms with van der Waals surface area (Å²) in [5, 5.41) is 3.37. The summed E-state index contributed by atoms with van der Waals surface area (Å²) in [6.07, 6.45) is 6.82. The van der Waals surface area contributed by atoms with Crippen LogP contribution < -0.4 is 5.32 Å². The number of carbonyl (C=O) groups excluding carboxylic acids is 1. The third kappa shape index (κ3) is 5.79. The summed E-state index contributed by atoms with van der Waals surface area (Å²) in [6, 6.07) is 16.8. The van der Waals surface area contributed by atoms with Gasteiger partial charge in [0.25, 0.3) is 0 Å². The molecule has 1 N–H and O–H groups in total. The number of para-hydroxylation sites is 1. The molecule has 0 unspecified atom stereocenters. The van der Waals surface area contributed by atoms with Gasteiger partial charge >= 0.3 is 0 Å². The molecule has 0 spiro atoms. The van der Waals surface area contributed by atoms with E-state index < -0.39 is 10.0 Å². The van der Waals surface area contributed by atoms with Crippen LogP contribution in [0.15, 0.2) is 82.9 Å². The van der Waals surface area contributed by atoms with Gasteiger partial charge in [-0.15, -0.1) is 0 Å². The normalized spacial score (nSPS) is 17.8. The van der Waals surface area contributed by atoms with Crippen molar-refractivity contribution < 1.29 is 13.2 Å². The number of hydrogen-bond acceptors (Lipinski definition) is 5. The lowest BCUT2D eigenvalue weighted by molar-refractivity contribution is -0.115. The lowest BCUT2D eigenvalue weighted by Crippen LogP contribution is -2.46. The van der Waals surface area contributed by atoms with Crippen molar-refractivity contribution in [2.75, 3.05) is 38.5 Å². The quantitative estimate of drug-likeness (QED) is 0.642. The van der Waals surface area contributed by atoms with Crippen LogP contribution in [-0.2, 0) is 21.2 Å². The maximum absolute atomic E-state index is 13.0. The van der Waals surface area contributed by atoms with Crippen LogP contribution in [0.25, 0.3) is 0 Å². The average molecular weight is 466 g/mol. The lowest BCUT2D eigenvalue weighted by Gasteiger charge is -2.31. The third-order valence-electron chi connectivity index (χ3n) is 6.17. The topological polar surface area (TPSA) is 69.7 Å². The number of nitrogens with zero attached hydrogens (tertiary/aromatic N) is 2. The SMILES string of the molecule is CN1CCN(S(=O)(=O)c2ccc(CCC(=O)C3=CCCC=C3Nc3ccccc3)cc2)CC1. The van der Waals surface area contributed by atoms with Crippen LogP contribution in [0.1, 0.15) is 24.8 Å². The van der Waals surface area contributed by atoms with Crippen molar-refractivity contribution in [1.29, 1.82) is 0 Å². The highest BCUT2D eigenvalue weighted by Crippen LogP contribution is 2.24. The number of rotatable bonds is 8. The first-order chi connectivity index (χ1) is 15.9. The van der Waals surface area contributed by atoms with Crippen molar-refractivity contribution in [1.82, 2.24) is 9.21 Å². The average Bonchev–Trinajstić information content (AvgIpc) is 2.84. The third-order valence-corrected chi connectivity index (χ3v) is 8.08. The Morgan fingerprint density at radius 1 is 0.909 bits per heavy atom. The number of piperazine rings is 1. The van der Waals surface area contributed by atoms with Gasteiger partial charge in [0.15, 0.2) is 5.78 Å². The molecule has 0 amide bonds. The first-order valence-corrected chi connectivity index (χ1v) is 12.9. The lowest BCUT2D eigenvalue weighted by atomic mass is 9.95. The Morgan fingerprint density at radius 3 is 2.27 bits per heavy atom. The molecular formula is C26H31N3O3S. The Hall–Kier alpha value is -2.74. The smallest absolute Gasteiger partial charge is 0.243 e. The molecule has 174 valence electrons. The van der Waals surface area contributed by atoms with Crippen molar-refractivity contribution in [3.63, 3.8) is 0 Å². The molecule has 0 saturated carbocycles. The largest absolute Gasteiger partial charge is 0.355 e.